The van der Waals surface area contributed by atoms with E-state index in [1.54, 1.807) is 20.4 Å². The maximum absolute atomic E-state index is 12.7. The molecule has 0 bridgehead atoms. The zero-order valence-electron chi connectivity index (χ0n) is 14.7. The van der Waals surface area contributed by atoms with E-state index in [0.717, 1.165) is 21.8 Å². The van der Waals surface area contributed by atoms with Gasteiger partial charge in [0.1, 0.15) is 17.5 Å². The van der Waals surface area contributed by atoms with Crippen LogP contribution in [0.25, 0.3) is 0 Å². The molecule has 1 unspecified atom stereocenters. The van der Waals surface area contributed by atoms with Gasteiger partial charge in [0.05, 0.1) is 19.4 Å². The van der Waals surface area contributed by atoms with Crippen molar-refractivity contribution in [3.63, 3.8) is 0 Å². The van der Waals surface area contributed by atoms with E-state index in [0.29, 0.717) is 18.1 Å². The van der Waals surface area contributed by atoms with Crippen LogP contribution in [-0.4, -0.2) is 54.5 Å². The van der Waals surface area contributed by atoms with Crippen molar-refractivity contribution >= 4 is 23.5 Å². The van der Waals surface area contributed by atoms with Gasteiger partial charge in [-0.25, -0.2) is 9.79 Å². The van der Waals surface area contributed by atoms with E-state index >= 15 is 0 Å². The number of ether oxygens (including phenoxy) is 1. The molecule has 1 fully saturated rings. The van der Waals surface area contributed by atoms with Crippen LogP contribution in [0.5, 0.6) is 5.75 Å². The van der Waals surface area contributed by atoms with Gasteiger partial charge in [-0.05, 0) is 30.2 Å². The Labute approximate surface area is 146 Å². The summed E-state index contributed by atoms with van der Waals surface area (Å²) in [6.45, 7) is 2.28. The van der Waals surface area contributed by atoms with Crippen LogP contribution in [0.4, 0.5) is 4.79 Å². The van der Waals surface area contributed by atoms with Crippen molar-refractivity contribution in [3.05, 3.63) is 41.6 Å². The molecule has 0 spiro atoms. The minimum absolute atomic E-state index is 0.307. The lowest BCUT2D eigenvalue weighted by atomic mass is 9.91. The minimum atomic E-state index is -0.650. The summed E-state index contributed by atoms with van der Waals surface area (Å²) in [4.78, 5) is 36.2. The number of methoxy groups -OCH3 is 1. The molecule has 25 heavy (non-hydrogen) atoms. The van der Waals surface area contributed by atoms with E-state index in [1.165, 1.54) is 11.9 Å². The molecule has 130 valence electrons. The van der Waals surface area contributed by atoms with Gasteiger partial charge in [-0.15, -0.1) is 0 Å². The lowest BCUT2D eigenvalue weighted by Crippen LogP contribution is -2.59. The Hall–Kier alpha value is -2.96. The first-order valence-electron chi connectivity index (χ1n) is 7.91. The van der Waals surface area contributed by atoms with Crippen LogP contribution >= 0.6 is 0 Å². The zero-order valence-corrected chi connectivity index (χ0v) is 14.7. The molecule has 0 aliphatic carbocycles. The lowest BCUT2D eigenvalue weighted by molar-refractivity contribution is -0.128. The topological polar surface area (TPSA) is 74.6 Å². The Bertz CT molecular complexity index is 825. The highest BCUT2D eigenvalue weighted by atomic mass is 16.5. The Kier molecular flexibility index (Phi) is 4.39. The number of urea groups is 1. The third-order valence-electron chi connectivity index (χ3n) is 4.39. The molecule has 1 aromatic carbocycles. The molecule has 3 rings (SSSR count). The highest BCUT2D eigenvalue weighted by Crippen LogP contribution is 2.26. The SMILES string of the molecule is COc1cccc(CN=C2C(C)=CN=C3C2C(=O)N(C)C(=O)N3C)c1. The van der Waals surface area contributed by atoms with Crippen LogP contribution in [-0.2, 0) is 11.3 Å². The molecule has 0 aromatic heterocycles. The second-order valence-corrected chi connectivity index (χ2v) is 6.02. The summed E-state index contributed by atoms with van der Waals surface area (Å²) >= 11 is 0. The van der Waals surface area contributed by atoms with Crippen molar-refractivity contribution < 1.29 is 14.3 Å². The maximum atomic E-state index is 12.7. The third-order valence-corrected chi connectivity index (χ3v) is 4.39. The number of hydrogen-bond donors (Lipinski definition) is 0. The van der Waals surface area contributed by atoms with Crippen LogP contribution in [0.15, 0.2) is 46.0 Å². The van der Waals surface area contributed by atoms with Crippen LogP contribution < -0.4 is 4.74 Å². The van der Waals surface area contributed by atoms with E-state index in [-0.39, 0.29) is 11.9 Å². The Balaban J connectivity index is 1.95. The van der Waals surface area contributed by atoms with Crippen molar-refractivity contribution in [2.75, 3.05) is 21.2 Å². The predicted octanol–water partition coefficient (Wildman–Crippen LogP) is 2.09. The summed E-state index contributed by atoms with van der Waals surface area (Å²) in [5.41, 5.74) is 2.44. The standard InChI is InChI=1S/C18H20N4O3/c1-11-9-20-16-14(17(23)22(3)18(24)21(16)2)15(11)19-10-12-6-5-7-13(8-12)25-4/h5-9,14H,10H2,1-4H3. The third kappa shape index (κ3) is 2.93. The number of amidine groups is 1. The lowest BCUT2D eigenvalue weighted by Gasteiger charge is -2.37. The van der Waals surface area contributed by atoms with Crippen LogP contribution in [0.1, 0.15) is 12.5 Å². The van der Waals surface area contributed by atoms with Gasteiger partial charge < -0.3 is 4.74 Å². The number of allylic oxidation sites excluding steroid dienone is 1. The van der Waals surface area contributed by atoms with Crippen molar-refractivity contribution in [2.24, 2.45) is 15.9 Å². The number of rotatable bonds is 3. The Morgan fingerprint density at radius 1 is 1.24 bits per heavy atom. The monoisotopic (exact) mass is 340 g/mol. The Morgan fingerprint density at radius 2 is 2.00 bits per heavy atom. The number of hydrogen-bond acceptors (Lipinski definition) is 5. The summed E-state index contributed by atoms with van der Waals surface area (Å²) < 4.78 is 5.23. The molecule has 2 aliphatic heterocycles. The van der Waals surface area contributed by atoms with E-state index in [4.69, 9.17) is 4.74 Å². The van der Waals surface area contributed by atoms with Gasteiger partial charge in [0.15, 0.2) is 0 Å². The molecule has 7 nitrogen and oxygen atoms in total. The summed E-state index contributed by atoms with van der Waals surface area (Å²) in [5, 5.41) is 0. The van der Waals surface area contributed by atoms with Crippen molar-refractivity contribution in [1.29, 1.82) is 0 Å². The molecule has 0 saturated carbocycles. The maximum Gasteiger partial charge on any atom is 0.331 e. The quantitative estimate of drug-likeness (QED) is 0.845. The molecular formula is C18H20N4O3. The highest BCUT2D eigenvalue weighted by Gasteiger charge is 2.44. The first-order chi connectivity index (χ1) is 11.9. The fourth-order valence-electron chi connectivity index (χ4n) is 2.94. The molecule has 0 N–H and O–H groups in total. The first-order valence-corrected chi connectivity index (χ1v) is 7.91. The van der Waals surface area contributed by atoms with Crippen LogP contribution in [0, 0.1) is 5.92 Å². The summed E-state index contributed by atoms with van der Waals surface area (Å²) in [7, 11) is 4.71. The Morgan fingerprint density at radius 3 is 2.72 bits per heavy atom. The van der Waals surface area contributed by atoms with Gasteiger partial charge >= 0.3 is 6.03 Å². The number of amides is 3. The van der Waals surface area contributed by atoms with Crippen molar-refractivity contribution in [1.82, 2.24) is 9.80 Å². The van der Waals surface area contributed by atoms with E-state index < -0.39 is 5.92 Å². The normalized spacial score (nSPS) is 21.9. The molecule has 1 aromatic rings. The molecular weight excluding hydrogens is 320 g/mol. The highest BCUT2D eigenvalue weighted by molar-refractivity contribution is 6.33. The number of carbonyl (C=O) groups excluding carboxylic acids is 2. The second-order valence-electron chi connectivity index (χ2n) is 6.02. The van der Waals surface area contributed by atoms with Gasteiger partial charge in [-0.2, -0.15) is 0 Å². The van der Waals surface area contributed by atoms with Crippen molar-refractivity contribution in [2.45, 2.75) is 13.5 Å². The fourth-order valence-corrected chi connectivity index (χ4v) is 2.94. The first kappa shape index (κ1) is 16.9. The molecule has 1 atom stereocenters. The average Bonchev–Trinajstić information content (AvgIpc) is 2.63. The average molecular weight is 340 g/mol. The molecule has 2 aliphatic rings. The van der Waals surface area contributed by atoms with E-state index in [2.05, 4.69) is 9.98 Å². The second kappa shape index (κ2) is 6.51. The molecule has 7 heteroatoms. The predicted molar refractivity (Wildman–Crippen MR) is 94.7 cm³/mol. The van der Waals surface area contributed by atoms with E-state index in [9.17, 15) is 9.59 Å². The number of benzene rings is 1. The summed E-state index contributed by atoms with van der Waals surface area (Å²) in [6, 6.07) is 7.24. The van der Waals surface area contributed by atoms with Crippen molar-refractivity contribution in [3.8, 4) is 5.75 Å². The summed E-state index contributed by atoms with van der Waals surface area (Å²) in [6.07, 6.45) is 1.65. The van der Waals surface area contributed by atoms with Gasteiger partial charge in [-0.1, -0.05) is 12.1 Å². The van der Waals surface area contributed by atoms with Gasteiger partial charge in [0.2, 0.25) is 5.91 Å². The number of imide groups is 1. The minimum Gasteiger partial charge on any atom is -0.497 e. The largest absolute Gasteiger partial charge is 0.497 e. The smallest absolute Gasteiger partial charge is 0.331 e. The number of nitrogens with zero attached hydrogens (tertiary/aromatic N) is 4. The number of aliphatic imine (C=N–C) groups is 2. The van der Waals surface area contributed by atoms with Gasteiger partial charge in [0.25, 0.3) is 0 Å². The van der Waals surface area contributed by atoms with Gasteiger partial charge in [-0.3, -0.25) is 19.6 Å². The van der Waals surface area contributed by atoms with E-state index in [1.807, 2.05) is 31.2 Å². The van der Waals surface area contributed by atoms with Crippen LogP contribution in [0.3, 0.4) is 0 Å². The van der Waals surface area contributed by atoms with Gasteiger partial charge in [0, 0.05) is 20.3 Å². The molecule has 1 saturated heterocycles. The summed E-state index contributed by atoms with van der Waals surface area (Å²) in [5.74, 6) is 0.222. The molecule has 3 amide bonds. The zero-order chi connectivity index (χ0) is 18.1. The molecule has 0 radical (unpaired) electrons. The number of fused-ring (bicyclic) bond motifs is 1. The fraction of sp³-hybridized carbons (Fsp3) is 0.333. The number of carbonyl (C=O) groups is 2. The molecule has 2 heterocycles. The van der Waals surface area contributed by atoms with Crippen LogP contribution in [0.2, 0.25) is 0 Å².